The lowest BCUT2D eigenvalue weighted by molar-refractivity contribution is 0.199. The van der Waals surface area contributed by atoms with Crippen LogP contribution in [0.2, 0.25) is 0 Å². The standard InChI is InChI=1S/C14H21NO/c1-10-8-15(9-11(10)2)14-6-4-13(5-7-14)12(3)16/h4-7,10-12,16H,8-9H2,1-3H3. The van der Waals surface area contributed by atoms with Crippen molar-refractivity contribution >= 4 is 5.69 Å². The lowest BCUT2D eigenvalue weighted by Crippen LogP contribution is -2.19. The Morgan fingerprint density at radius 1 is 1.12 bits per heavy atom. The van der Waals surface area contributed by atoms with Crippen molar-refractivity contribution in [1.29, 1.82) is 0 Å². The van der Waals surface area contributed by atoms with Gasteiger partial charge < -0.3 is 10.0 Å². The number of benzene rings is 1. The second-order valence-corrected chi connectivity index (χ2v) is 5.13. The fourth-order valence-corrected chi connectivity index (χ4v) is 2.30. The van der Waals surface area contributed by atoms with Gasteiger partial charge in [0.1, 0.15) is 0 Å². The molecule has 0 bridgehead atoms. The fourth-order valence-electron chi connectivity index (χ4n) is 2.30. The van der Waals surface area contributed by atoms with Gasteiger partial charge in [0.05, 0.1) is 6.10 Å². The predicted octanol–water partition coefficient (Wildman–Crippen LogP) is 2.83. The molecule has 2 rings (SSSR count). The summed E-state index contributed by atoms with van der Waals surface area (Å²) in [5, 5.41) is 9.45. The van der Waals surface area contributed by atoms with Crippen LogP contribution in [-0.4, -0.2) is 18.2 Å². The van der Waals surface area contributed by atoms with Crippen LogP contribution in [0.4, 0.5) is 5.69 Å². The van der Waals surface area contributed by atoms with Crippen molar-refractivity contribution in [3.05, 3.63) is 29.8 Å². The monoisotopic (exact) mass is 219 g/mol. The highest BCUT2D eigenvalue weighted by Gasteiger charge is 2.25. The molecule has 3 unspecified atom stereocenters. The van der Waals surface area contributed by atoms with E-state index >= 15 is 0 Å². The SMILES string of the molecule is CC(O)c1ccc(N2CC(C)C(C)C2)cc1. The van der Waals surface area contributed by atoms with Gasteiger partial charge in [0, 0.05) is 18.8 Å². The normalized spacial score (nSPS) is 27.1. The second kappa shape index (κ2) is 4.46. The summed E-state index contributed by atoms with van der Waals surface area (Å²) in [5.41, 5.74) is 2.27. The molecule has 3 atom stereocenters. The molecule has 88 valence electrons. The topological polar surface area (TPSA) is 23.5 Å². The van der Waals surface area contributed by atoms with Crippen molar-refractivity contribution in [2.75, 3.05) is 18.0 Å². The van der Waals surface area contributed by atoms with Gasteiger partial charge in [-0.15, -0.1) is 0 Å². The molecule has 1 N–H and O–H groups in total. The van der Waals surface area contributed by atoms with Crippen LogP contribution in [0.25, 0.3) is 0 Å². The van der Waals surface area contributed by atoms with Gasteiger partial charge >= 0.3 is 0 Å². The minimum atomic E-state index is -0.370. The highest BCUT2D eigenvalue weighted by molar-refractivity contribution is 5.49. The Morgan fingerprint density at radius 2 is 1.62 bits per heavy atom. The van der Waals surface area contributed by atoms with Gasteiger partial charge in [0.25, 0.3) is 0 Å². The van der Waals surface area contributed by atoms with E-state index in [1.165, 1.54) is 5.69 Å². The molecule has 1 aromatic rings. The molecule has 16 heavy (non-hydrogen) atoms. The average Bonchev–Trinajstić information content (AvgIpc) is 2.59. The van der Waals surface area contributed by atoms with Crippen LogP contribution in [-0.2, 0) is 0 Å². The first-order valence-corrected chi connectivity index (χ1v) is 6.11. The fraction of sp³-hybridized carbons (Fsp3) is 0.571. The molecule has 0 saturated carbocycles. The van der Waals surface area contributed by atoms with Gasteiger partial charge in [-0.2, -0.15) is 0 Å². The summed E-state index contributed by atoms with van der Waals surface area (Å²) in [6.07, 6.45) is -0.370. The number of anilines is 1. The quantitative estimate of drug-likeness (QED) is 0.826. The third kappa shape index (κ3) is 2.22. The molecule has 1 fully saturated rings. The molecule has 1 aliphatic heterocycles. The van der Waals surface area contributed by atoms with Crippen molar-refractivity contribution < 1.29 is 5.11 Å². The van der Waals surface area contributed by atoms with Crippen LogP contribution in [0.3, 0.4) is 0 Å². The first-order chi connectivity index (χ1) is 7.58. The molecule has 0 spiro atoms. The summed E-state index contributed by atoms with van der Waals surface area (Å²) in [6.45, 7) is 8.73. The zero-order chi connectivity index (χ0) is 11.7. The Morgan fingerprint density at radius 3 is 2.06 bits per heavy atom. The second-order valence-electron chi connectivity index (χ2n) is 5.13. The lowest BCUT2D eigenvalue weighted by atomic mass is 10.0. The smallest absolute Gasteiger partial charge is 0.0761 e. The molecule has 1 aliphatic rings. The summed E-state index contributed by atoms with van der Waals surface area (Å²) in [7, 11) is 0. The summed E-state index contributed by atoms with van der Waals surface area (Å²) in [5.74, 6) is 1.55. The first kappa shape index (κ1) is 11.5. The third-order valence-corrected chi connectivity index (χ3v) is 3.73. The molecular formula is C14H21NO. The molecule has 2 nitrogen and oxygen atoms in total. The number of hydrogen-bond acceptors (Lipinski definition) is 2. The van der Waals surface area contributed by atoms with Gasteiger partial charge in [0.15, 0.2) is 0 Å². The largest absolute Gasteiger partial charge is 0.389 e. The summed E-state index contributed by atoms with van der Waals surface area (Å²) in [4.78, 5) is 2.43. The predicted molar refractivity (Wildman–Crippen MR) is 67.6 cm³/mol. The van der Waals surface area contributed by atoms with E-state index in [1.807, 2.05) is 12.1 Å². The summed E-state index contributed by atoms with van der Waals surface area (Å²) in [6, 6.07) is 8.28. The van der Waals surface area contributed by atoms with E-state index in [4.69, 9.17) is 0 Å². The zero-order valence-corrected chi connectivity index (χ0v) is 10.4. The number of aliphatic hydroxyl groups excluding tert-OH is 1. The van der Waals surface area contributed by atoms with Gasteiger partial charge in [-0.25, -0.2) is 0 Å². The zero-order valence-electron chi connectivity index (χ0n) is 10.4. The third-order valence-electron chi connectivity index (χ3n) is 3.73. The van der Waals surface area contributed by atoms with E-state index in [9.17, 15) is 5.11 Å². The molecule has 1 saturated heterocycles. The van der Waals surface area contributed by atoms with Gasteiger partial charge in [0.2, 0.25) is 0 Å². The molecule has 0 aromatic heterocycles. The molecule has 0 amide bonds. The molecule has 1 aromatic carbocycles. The summed E-state index contributed by atoms with van der Waals surface area (Å²) >= 11 is 0. The van der Waals surface area contributed by atoms with Crippen molar-refractivity contribution in [3.63, 3.8) is 0 Å². The minimum Gasteiger partial charge on any atom is -0.389 e. The minimum absolute atomic E-state index is 0.370. The van der Waals surface area contributed by atoms with E-state index in [0.29, 0.717) is 0 Å². The van der Waals surface area contributed by atoms with Crippen molar-refractivity contribution in [2.45, 2.75) is 26.9 Å². The Labute approximate surface area is 97.9 Å². The maximum absolute atomic E-state index is 9.45. The van der Waals surface area contributed by atoms with Crippen LogP contribution < -0.4 is 4.90 Å². The van der Waals surface area contributed by atoms with E-state index in [0.717, 1.165) is 30.5 Å². The molecular weight excluding hydrogens is 198 g/mol. The molecule has 0 aliphatic carbocycles. The van der Waals surface area contributed by atoms with Crippen molar-refractivity contribution in [2.24, 2.45) is 11.8 Å². The number of rotatable bonds is 2. The lowest BCUT2D eigenvalue weighted by Gasteiger charge is -2.19. The highest BCUT2D eigenvalue weighted by atomic mass is 16.3. The highest BCUT2D eigenvalue weighted by Crippen LogP contribution is 2.28. The molecule has 0 radical (unpaired) electrons. The molecule has 2 heteroatoms. The Bertz CT molecular complexity index is 334. The number of nitrogens with zero attached hydrogens (tertiary/aromatic N) is 1. The van der Waals surface area contributed by atoms with E-state index in [1.54, 1.807) is 6.92 Å². The van der Waals surface area contributed by atoms with Gasteiger partial charge in [-0.05, 0) is 36.5 Å². The molecule has 1 heterocycles. The number of aliphatic hydroxyl groups is 1. The van der Waals surface area contributed by atoms with Crippen LogP contribution in [0.15, 0.2) is 24.3 Å². The van der Waals surface area contributed by atoms with E-state index in [2.05, 4.69) is 30.9 Å². The Hall–Kier alpha value is -1.02. The van der Waals surface area contributed by atoms with Crippen LogP contribution >= 0.6 is 0 Å². The van der Waals surface area contributed by atoms with Crippen molar-refractivity contribution in [3.8, 4) is 0 Å². The van der Waals surface area contributed by atoms with Crippen LogP contribution in [0.5, 0.6) is 0 Å². The maximum Gasteiger partial charge on any atom is 0.0761 e. The van der Waals surface area contributed by atoms with Gasteiger partial charge in [-0.1, -0.05) is 26.0 Å². The number of hydrogen-bond donors (Lipinski definition) is 1. The van der Waals surface area contributed by atoms with Gasteiger partial charge in [-0.3, -0.25) is 0 Å². The first-order valence-electron chi connectivity index (χ1n) is 6.11. The Balaban J connectivity index is 2.11. The Kier molecular flexibility index (Phi) is 3.20. The average molecular weight is 219 g/mol. The summed E-state index contributed by atoms with van der Waals surface area (Å²) < 4.78 is 0. The maximum atomic E-state index is 9.45. The van der Waals surface area contributed by atoms with Crippen LogP contribution in [0.1, 0.15) is 32.4 Å². The van der Waals surface area contributed by atoms with Crippen LogP contribution in [0, 0.1) is 11.8 Å². The van der Waals surface area contributed by atoms with E-state index < -0.39 is 0 Å². The van der Waals surface area contributed by atoms with E-state index in [-0.39, 0.29) is 6.10 Å². The van der Waals surface area contributed by atoms with Crippen molar-refractivity contribution in [1.82, 2.24) is 0 Å².